The number of methoxy groups -OCH3 is 1. The van der Waals surface area contributed by atoms with E-state index in [2.05, 4.69) is 0 Å². The Morgan fingerprint density at radius 3 is 2.40 bits per heavy atom. The molecule has 152 valence electrons. The first-order chi connectivity index (χ1) is 14.5. The number of phenols is 1. The predicted octanol–water partition coefficient (Wildman–Crippen LogP) is 3.46. The van der Waals surface area contributed by atoms with Crippen LogP contribution in [0.5, 0.6) is 11.5 Å². The number of anilines is 1. The topological polar surface area (TPSA) is 93.1 Å². The van der Waals surface area contributed by atoms with Crippen molar-refractivity contribution in [1.29, 1.82) is 0 Å². The maximum Gasteiger partial charge on any atom is 0.310 e. The van der Waals surface area contributed by atoms with E-state index < -0.39 is 11.8 Å². The van der Waals surface area contributed by atoms with Crippen molar-refractivity contribution in [2.75, 3.05) is 18.6 Å². The molecule has 7 heteroatoms. The molecule has 0 fully saturated rings. The zero-order chi connectivity index (χ0) is 21.4. The molecule has 30 heavy (non-hydrogen) atoms. The third-order valence-electron chi connectivity index (χ3n) is 5.01. The van der Waals surface area contributed by atoms with Gasteiger partial charge in [0, 0.05) is 5.39 Å². The van der Waals surface area contributed by atoms with E-state index >= 15 is 0 Å². The molecule has 1 aliphatic rings. The lowest BCUT2D eigenvalue weighted by molar-refractivity contribution is -0.142. The number of carbonyl (C=O) groups is 3. The smallest absolute Gasteiger partial charge is 0.310 e. The number of benzene rings is 3. The number of amides is 2. The molecule has 3 aromatic rings. The SMILES string of the molecule is CCOC(=O)Cc1ccc(N2C(=O)c3c(O)cc4cccc(OC)c4c3C2=O)cc1. The molecule has 0 saturated heterocycles. The Kier molecular flexibility index (Phi) is 4.87. The van der Waals surface area contributed by atoms with Gasteiger partial charge in [-0.3, -0.25) is 14.4 Å². The number of imide groups is 1. The van der Waals surface area contributed by atoms with E-state index in [1.54, 1.807) is 49.4 Å². The Morgan fingerprint density at radius 1 is 1.03 bits per heavy atom. The Bertz CT molecular complexity index is 1180. The predicted molar refractivity (Wildman–Crippen MR) is 110 cm³/mol. The summed E-state index contributed by atoms with van der Waals surface area (Å²) in [5.74, 6) is -1.33. The van der Waals surface area contributed by atoms with E-state index in [4.69, 9.17) is 9.47 Å². The zero-order valence-corrected chi connectivity index (χ0v) is 16.5. The molecule has 1 aliphatic heterocycles. The third-order valence-corrected chi connectivity index (χ3v) is 5.01. The van der Waals surface area contributed by atoms with Crippen molar-refractivity contribution >= 4 is 34.2 Å². The van der Waals surface area contributed by atoms with E-state index in [9.17, 15) is 19.5 Å². The van der Waals surface area contributed by atoms with Crippen LogP contribution >= 0.6 is 0 Å². The van der Waals surface area contributed by atoms with Gasteiger partial charge in [-0.25, -0.2) is 4.90 Å². The van der Waals surface area contributed by atoms with Gasteiger partial charge in [0.1, 0.15) is 11.5 Å². The highest BCUT2D eigenvalue weighted by atomic mass is 16.5. The molecule has 0 radical (unpaired) electrons. The average molecular weight is 405 g/mol. The monoisotopic (exact) mass is 405 g/mol. The first-order valence-electron chi connectivity index (χ1n) is 9.42. The van der Waals surface area contributed by atoms with Crippen LogP contribution in [0.4, 0.5) is 5.69 Å². The number of aromatic hydroxyl groups is 1. The van der Waals surface area contributed by atoms with E-state index in [1.165, 1.54) is 13.2 Å². The lowest BCUT2D eigenvalue weighted by Crippen LogP contribution is -2.29. The molecule has 1 heterocycles. The maximum absolute atomic E-state index is 13.3. The minimum atomic E-state index is -0.613. The molecule has 3 aromatic carbocycles. The number of ether oxygens (including phenoxy) is 2. The van der Waals surface area contributed by atoms with Crippen LogP contribution in [-0.4, -0.2) is 36.6 Å². The summed E-state index contributed by atoms with van der Waals surface area (Å²) >= 11 is 0. The van der Waals surface area contributed by atoms with Gasteiger partial charge in [-0.2, -0.15) is 0 Å². The van der Waals surface area contributed by atoms with Crippen LogP contribution in [0.25, 0.3) is 10.8 Å². The second kappa shape index (κ2) is 7.51. The van der Waals surface area contributed by atoms with Crippen LogP contribution in [0.2, 0.25) is 0 Å². The summed E-state index contributed by atoms with van der Waals surface area (Å²) < 4.78 is 10.3. The molecule has 0 atom stereocenters. The summed E-state index contributed by atoms with van der Waals surface area (Å²) in [7, 11) is 1.48. The highest BCUT2D eigenvalue weighted by molar-refractivity contribution is 6.39. The lowest BCUT2D eigenvalue weighted by Gasteiger charge is -2.14. The third kappa shape index (κ3) is 3.04. The van der Waals surface area contributed by atoms with Crippen molar-refractivity contribution in [3.05, 3.63) is 65.2 Å². The fraction of sp³-hybridized carbons (Fsp3) is 0.174. The number of rotatable bonds is 5. The van der Waals surface area contributed by atoms with Gasteiger partial charge in [-0.15, -0.1) is 0 Å². The number of nitrogens with zero attached hydrogens (tertiary/aromatic N) is 1. The fourth-order valence-corrected chi connectivity index (χ4v) is 3.70. The van der Waals surface area contributed by atoms with Crippen LogP contribution in [0.1, 0.15) is 33.2 Å². The Balaban J connectivity index is 1.76. The van der Waals surface area contributed by atoms with Crippen molar-refractivity contribution in [2.45, 2.75) is 13.3 Å². The minimum absolute atomic E-state index is 0.0485. The molecular formula is C23H19NO6. The summed E-state index contributed by atoms with van der Waals surface area (Å²) in [6, 6.07) is 13.1. The Morgan fingerprint density at radius 2 is 1.73 bits per heavy atom. The molecular weight excluding hydrogens is 386 g/mol. The van der Waals surface area contributed by atoms with Gasteiger partial charge in [-0.1, -0.05) is 24.3 Å². The van der Waals surface area contributed by atoms with E-state index in [-0.39, 0.29) is 29.3 Å². The van der Waals surface area contributed by atoms with Crippen LogP contribution in [0, 0.1) is 0 Å². The van der Waals surface area contributed by atoms with Gasteiger partial charge in [0.2, 0.25) is 0 Å². The van der Waals surface area contributed by atoms with Crippen LogP contribution in [0.15, 0.2) is 48.5 Å². The maximum atomic E-state index is 13.3. The van der Waals surface area contributed by atoms with Gasteiger partial charge in [-0.05, 0) is 42.1 Å². The molecule has 0 saturated carbocycles. The molecule has 0 spiro atoms. The molecule has 0 aliphatic carbocycles. The Labute approximate surface area is 172 Å². The molecule has 0 aromatic heterocycles. The molecule has 4 rings (SSSR count). The number of phenolic OH excluding ortho intramolecular Hbond substituents is 1. The number of hydrogen-bond donors (Lipinski definition) is 1. The quantitative estimate of drug-likeness (QED) is 0.516. The van der Waals surface area contributed by atoms with E-state index in [0.717, 1.165) is 4.90 Å². The van der Waals surface area contributed by atoms with Crippen LogP contribution < -0.4 is 9.64 Å². The van der Waals surface area contributed by atoms with Gasteiger partial charge in [0.25, 0.3) is 11.8 Å². The van der Waals surface area contributed by atoms with Gasteiger partial charge >= 0.3 is 5.97 Å². The van der Waals surface area contributed by atoms with Crippen LogP contribution in [-0.2, 0) is 16.0 Å². The molecule has 2 amide bonds. The minimum Gasteiger partial charge on any atom is -0.507 e. The normalized spacial score (nSPS) is 12.9. The largest absolute Gasteiger partial charge is 0.507 e. The first kappa shape index (κ1) is 19.4. The highest BCUT2D eigenvalue weighted by Gasteiger charge is 2.41. The average Bonchev–Trinajstić information content (AvgIpc) is 2.99. The second-order valence-electron chi connectivity index (χ2n) is 6.80. The molecule has 0 unspecified atom stereocenters. The summed E-state index contributed by atoms with van der Waals surface area (Å²) in [6.45, 7) is 2.03. The lowest BCUT2D eigenvalue weighted by atomic mass is 9.98. The number of carbonyl (C=O) groups excluding carboxylic acids is 3. The van der Waals surface area contributed by atoms with Crippen molar-refractivity contribution in [1.82, 2.24) is 0 Å². The van der Waals surface area contributed by atoms with Gasteiger partial charge in [0.05, 0.1) is 37.0 Å². The molecule has 1 N–H and O–H groups in total. The van der Waals surface area contributed by atoms with Crippen molar-refractivity contribution < 1.29 is 29.0 Å². The highest BCUT2D eigenvalue weighted by Crippen LogP contribution is 2.41. The molecule has 0 bridgehead atoms. The number of hydrogen-bond acceptors (Lipinski definition) is 6. The summed E-state index contributed by atoms with van der Waals surface area (Å²) in [5.41, 5.74) is 1.11. The van der Waals surface area contributed by atoms with Crippen molar-refractivity contribution in [3.8, 4) is 11.5 Å². The van der Waals surface area contributed by atoms with Crippen molar-refractivity contribution in [3.63, 3.8) is 0 Å². The summed E-state index contributed by atoms with van der Waals surface area (Å²) in [4.78, 5) is 39.0. The van der Waals surface area contributed by atoms with E-state index in [1.807, 2.05) is 0 Å². The van der Waals surface area contributed by atoms with Crippen molar-refractivity contribution in [2.24, 2.45) is 0 Å². The summed E-state index contributed by atoms with van der Waals surface area (Å²) in [5, 5.41) is 11.5. The Hall–Kier alpha value is -3.87. The fourth-order valence-electron chi connectivity index (χ4n) is 3.70. The number of esters is 1. The molecule has 7 nitrogen and oxygen atoms in total. The zero-order valence-electron chi connectivity index (χ0n) is 16.5. The van der Waals surface area contributed by atoms with Gasteiger partial charge in [0.15, 0.2) is 0 Å². The number of fused-ring (bicyclic) bond motifs is 3. The van der Waals surface area contributed by atoms with Gasteiger partial charge < -0.3 is 14.6 Å². The summed E-state index contributed by atoms with van der Waals surface area (Å²) in [6.07, 6.45) is 0.0961. The van der Waals surface area contributed by atoms with Crippen LogP contribution in [0.3, 0.4) is 0 Å². The first-order valence-corrected chi connectivity index (χ1v) is 9.42. The second-order valence-corrected chi connectivity index (χ2v) is 6.80. The standard InChI is InChI=1S/C23H19NO6/c1-3-30-18(26)11-13-7-9-15(10-8-13)24-22(27)20-16(25)12-14-5-4-6-17(29-2)19(14)21(20)23(24)28/h4-10,12,25H,3,11H2,1-2H3. The van der Waals surface area contributed by atoms with E-state index in [0.29, 0.717) is 34.4 Å².